The van der Waals surface area contributed by atoms with Gasteiger partial charge in [0.2, 0.25) is 0 Å². The van der Waals surface area contributed by atoms with Crippen LogP contribution in [0.25, 0.3) is 0 Å². The summed E-state index contributed by atoms with van der Waals surface area (Å²) in [5.41, 5.74) is 5.35. The Kier molecular flexibility index (Phi) is 3.81. The lowest BCUT2D eigenvalue weighted by molar-refractivity contribution is 0.729. The van der Waals surface area contributed by atoms with E-state index in [9.17, 15) is 0 Å². The smallest absolute Gasteiger partial charge is 0.0494 e. The molecule has 0 fully saturated rings. The third kappa shape index (κ3) is 2.65. The molecule has 0 atom stereocenters. The van der Waals surface area contributed by atoms with E-state index < -0.39 is 0 Å². The van der Waals surface area contributed by atoms with Gasteiger partial charge in [0.15, 0.2) is 0 Å². The van der Waals surface area contributed by atoms with Crippen molar-refractivity contribution < 1.29 is 0 Å². The largest absolute Gasteiger partial charge is 0.367 e. The molecule has 0 amide bonds. The lowest BCUT2D eigenvalue weighted by atomic mass is 9.99. The topological polar surface area (TPSA) is 3.24 Å². The molecule has 0 aromatic heterocycles. The average molecular weight is 337 g/mol. The predicted molar refractivity (Wildman–Crippen MR) is 84.9 cm³/mol. The van der Waals surface area contributed by atoms with Gasteiger partial charge >= 0.3 is 0 Å². The Hall–Kier alpha value is -0.990. The minimum Gasteiger partial charge on any atom is -0.367 e. The highest BCUT2D eigenvalue weighted by molar-refractivity contribution is 9.10. The van der Waals surface area contributed by atoms with Crippen molar-refractivity contribution in [2.45, 2.75) is 18.8 Å². The normalized spacial score (nSPS) is 14.3. The van der Waals surface area contributed by atoms with Crippen LogP contribution in [0, 0.1) is 0 Å². The highest BCUT2D eigenvalue weighted by Crippen LogP contribution is 2.30. The second-order valence-corrected chi connectivity index (χ2v) is 6.03. The van der Waals surface area contributed by atoms with Gasteiger partial charge in [0.1, 0.15) is 0 Å². The maximum absolute atomic E-state index is 6.08. The Morgan fingerprint density at radius 1 is 1.11 bits per heavy atom. The van der Waals surface area contributed by atoms with Gasteiger partial charge in [-0.05, 0) is 41.3 Å². The van der Waals surface area contributed by atoms with Crippen LogP contribution in [0.1, 0.15) is 16.7 Å². The van der Waals surface area contributed by atoms with E-state index in [1.165, 1.54) is 22.4 Å². The molecular formula is C16H15BrClN. The number of benzene rings is 2. The highest BCUT2D eigenvalue weighted by atomic mass is 79.9. The fourth-order valence-electron chi connectivity index (χ4n) is 2.67. The molecule has 19 heavy (non-hydrogen) atoms. The van der Waals surface area contributed by atoms with Crippen molar-refractivity contribution in [2.24, 2.45) is 0 Å². The van der Waals surface area contributed by atoms with E-state index in [1.807, 2.05) is 0 Å². The van der Waals surface area contributed by atoms with Crippen molar-refractivity contribution in [3.05, 3.63) is 63.6 Å². The van der Waals surface area contributed by atoms with E-state index in [0.29, 0.717) is 5.88 Å². The molecule has 0 aliphatic carbocycles. The Balaban J connectivity index is 1.93. The molecule has 1 aliphatic rings. The van der Waals surface area contributed by atoms with Gasteiger partial charge in [-0.25, -0.2) is 0 Å². The molecule has 0 bridgehead atoms. The van der Waals surface area contributed by atoms with Crippen LogP contribution in [0.5, 0.6) is 0 Å². The molecule has 0 saturated carbocycles. The van der Waals surface area contributed by atoms with E-state index in [-0.39, 0.29) is 0 Å². The summed E-state index contributed by atoms with van der Waals surface area (Å²) in [6.07, 6.45) is 1.11. The minimum atomic E-state index is 0.549. The summed E-state index contributed by atoms with van der Waals surface area (Å²) in [5, 5.41) is 0. The predicted octanol–water partition coefficient (Wildman–Crippen LogP) is 4.75. The van der Waals surface area contributed by atoms with E-state index in [1.54, 1.807) is 0 Å². The van der Waals surface area contributed by atoms with Gasteiger partial charge in [0.25, 0.3) is 0 Å². The summed E-state index contributed by atoms with van der Waals surface area (Å²) < 4.78 is 1.09. The third-order valence-electron chi connectivity index (χ3n) is 3.66. The summed E-state index contributed by atoms with van der Waals surface area (Å²) in [4.78, 5) is 2.42. The Labute approximate surface area is 127 Å². The van der Waals surface area contributed by atoms with Gasteiger partial charge in [-0.1, -0.05) is 40.2 Å². The molecule has 0 radical (unpaired) electrons. The van der Waals surface area contributed by atoms with Crippen molar-refractivity contribution in [3.8, 4) is 0 Å². The molecule has 0 unspecified atom stereocenters. The van der Waals surface area contributed by atoms with Crippen LogP contribution >= 0.6 is 27.5 Å². The van der Waals surface area contributed by atoms with Crippen LogP contribution in [-0.4, -0.2) is 6.54 Å². The lowest BCUT2D eigenvalue weighted by Gasteiger charge is -2.32. The molecule has 2 aromatic rings. The third-order valence-corrected chi connectivity index (χ3v) is 4.44. The number of fused-ring (bicyclic) bond motifs is 1. The fraction of sp³-hybridized carbons (Fsp3) is 0.250. The van der Waals surface area contributed by atoms with Gasteiger partial charge in [-0.2, -0.15) is 0 Å². The maximum Gasteiger partial charge on any atom is 0.0494 e. The van der Waals surface area contributed by atoms with Crippen LogP contribution in [-0.2, 0) is 18.8 Å². The first-order valence-electron chi connectivity index (χ1n) is 6.44. The van der Waals surface area contributed by atoms with Gasteiger partial charge in [-0.15, -0.1) is 11.6 Å². The Morgan fingerprint density at radius 2 is 1.89 bits per heavy atom. The zero-order chi connectivity index (χ0) is 13.2. The zero-order valence-corrected chi connectivity index (χ0v) is 12.9. The van der Waals surface area contributed by atoms with Gasteiger partial charge in [0, 0.05) is 29.1 Å². The molecule has 0 N–H and O–H groups in total. The number of hydrogen-bond donors (Lipinski definition) is 0. The first-order valence-corrected chi connectivity index (χ1v) is 7.77. The number of hydrogen-bond acceptors (Lipinski definition) is 1. The number of halogens is 2. The molecule has 2 aromatic carbocycles. The van der Waals surface area contributed by atoms with Crippen molar-refractivity contribution >= 4 is 33.2 Å². The second-order valence-electron chi connectivity index (χ2n) is 4.85. The van der Waals surface area contributed by atoms with Crippen LogP contribution in [0.2, 0.25) is 0 Å². The molecule has 0 saturated heterocycles. The molecule has 98 valence electrons. The fourth-order valence-corrected chi connectivity index (χ4v) is 3.29. The van der Waals surface area contributed by atoms with E-state index >= 15 is 0 Å². The van der Waals surface area contributed by atoms with Crippen molar-refractivity contribution in [3.63, 3.8) is 0 Å². The SMILES string of the molecule is ClCc1cc(Br)ccc1N1CCc2ccccc2C1. The quantitative estimate of drug-likeness (QED) is 0.715. The molecule has 3 rings (SSSR count). The number of nitrogens with zero attached hydrogens (tertiary/aromatic N) is 1. The molecule has 1 aliphatic heterocycles. The molecule has 1 nitrogen and oxygen atoms in total. The lowest BCUT2D eigenvalue weighted by Crippen LogP contribution is -2.30. The van der Waals surface area contributed by atoms with Crippen LogP contribution in [0.15, 0.2) is 46.9 Å². The minimum absolute atomic E-state index is 0.549. The maximum atomic E-state index is 6.08. The van der Waals surface area contributed by atoms with Gasteiger partial charge in [-0.3, -0.25) is 0 Å². The van der Waals surface area contributed by atoms with Crippen LogP contribution in [0.3, 0.4) is 0 Å². The van der Waals surface area contributed by atoms with Crippen molar-refractivity contribution in [1.82, 2.24) is 0 Å². The summed E-state index contributed by atoms with van der Waals surface area (Å²) >= 11 is 9.59. The summed E-state index contributed by atoms with van der Waals surface area (Å²) in [7, 11) is 0. The summed E-state index contributed by atoms with van der Waals surface area (Å²) in [6, 6.07) is 15.1. The highest BCUT2D eigenvalue weighted by Gasteiger charge is 2.18. The van der Waals surface area contributed by atoms with E-state index in [0.717, 1.165) is 24.0 Å². The average Bonchev–Trinajstić information content (AvgIpc) is 2.46. The monoisotopic (exact) mass is 335 g/mol. The Bertz CT molecular complexity index is 597. The Morgan fingerprint density at radius 3 is 2.68 bits per heavy atom. The van der Waals surface area contributed by atoms with Crippen LogP contribution in [0.4, 0.5) is 5.69 Å². The standard InChI is InChI=1S/C16H15BrClN/c17-15-5-6-16(14(9-15)10-18)19-8-7-12-3-1-2-4-13(12)11-19/h1-6,9H,7-8,10-11H2. The molecule has 3 heteroatoms. The summed E-state index contributed by atoms with van der Waals surface area (Å²) in [6.45, 7) is 2.03. The number of alkyl halides is 1. The van der Waals surface area contributed by atoms with Crippen molar-refractivity contribution in [1.29, 1.82) is 0 Å². The molecular weight excluding hydrogens is 322 g/mol. The van der Waals surface area contributed by atoms with Gasteiger partial charge in [0.05, 0.1) is 0 Å². The second kappa shape index (κ2) is 5.56. The molecule has 0 spiro atoms. The zero-order valence-electron chi connectivity index (χ0n) is 10.6. The summed E-state index contributed by atoms with van der Waals surface area (Å²) in [5.74, 6) is 0.549. The number of rotatable bonds is 2. The first kappa shape index (κ1) is 13.0. The van der Waals surface area contributed by atoms with Crippen molar-refractivity contribution in [2.75, 3.05) is 11.4 Å². The number of anilines is 1. The van der Waals surface area contributed by atoms with E-state index in [2.05, 4.69) is 63.3 Å². The molecule has 1 heterocycles. The first-order chi connectivity index (χ1) is 9.28. The van der Waals surface area contributed by atoms with Crippen LogP contribution < -0.4 is 4.90 Å². The van der Waals surface area contributed by atoms with E-state index in [4.69, 9.17) is 11.6 Å². The van der Waals surface area contributed by atoms with Gasteiger partial charge < -0.3 is 4.90 Å².